The third kappa shape index (κ3) is 3.97. The van der Waals surface area contributed by atoms with Gasteiger partial charge in [0.25, 0.3) is 0 Å². The van der Waals surface area contributed by atoms with Crippen molar-refractivity contribution < 1.29 is 0 Å². The van der Waals surface area contributed by atoms with Gasteiger partial charge in [0.05, 0.1) is 0 Å². The highest BCUT2D eigenvalue weighted by Crippen LogP contribution is 2.22. The first-order valence-electron chi connectivity index (χ1n) is 6.16. The van der Waals surface area contributed by atoms with E-state index in [2.05, 4.69) is 64.3 Å². The smallest absolute Gasteiger partial charge is 0.0116 e. The van der Waals surface area contributed by atoms with Gasteiger partial charge < -0.3 is 5.32 Å². The van der Waals surface area contributed by atoms with Crippen molar-refractivity contribution in [2.75, 3.05) is 7.05 Å². The summed E-state index contributed by atoms with van der Waals surface area (Å²) in [6.07, 6.45) is 2.35. The normalized spacial score (nSPS) is 13.8. The molecule has 1 atom stereocenters. The second-order valence-electron chi connectivity index (χ2n) is 5.73. The van der Waals surface area contributed by atoms with Crippen molar-refractivity contribution in [3.63, 3.8) is 0 Å². The zero-order valence-corrected chi connectivity index (χ0v) is 11.3. The maximum atomic E-state index is 3.42. The molecule has 0 aromatic heterocycles. The van der Waals surface area contributed by atoms with E-state index in [0.29, 0.717) is 11.5 Å². The Labute approximate surface area is 100 Å². The minimum absolute atomic E-state index is 0.333. The maximum absolute atomic E-state index is 3.42. The van der Waals surface area contributed by atoms with Crippen molar-refractivity contribution in [3.8, 4) is 0 Å². The summed E-state index contributed by atoms with van der Waals surface area (Å²) in [6.45, 7) is 9.02. The molecular weight excluding hydrogens is 194 g/mol. The summed E-state index contributed by atoms with van der Waals surface area (Å²) in [6, 6.07) is 9.45. The van der Waals surface area contributed by atoms with Gasteiger partial charge in [0.1, 0.15) is 0 Å². The number of aryl methyl sites for hydroxylation is 2. The molecule has 1 rings (SSSR count). The molecular formula is C15H25N. The number of rotatable bonds is 4. The van der Waals surface area contributed by atoms with Gasteiger partial charge in [-0.25, -0.2) is 0 Å². The van der Waals surface area contributed by atoms with E-state index in [1.165, 1.54) is 17.5 Å². The van der Waals surface area contributed by atoms with Crippen LogP contribution in [0, 0.1) is 12.3 Å². The first-order valence-corrected chi connectivity index (χ1v) is 6.16. The first-order chi connectivity index (χ1) is 7.43. The molecule has 1 heteroatoms. The van der Waals surface area contributed by atoms with Crippen LogP contribution in [0.3, 0.4) is 0 Å². The summed E-state index contributed by atoms with van der Waals surface area (Å²) in [7, 11) is 2.06. The fourth-order valence-corrected chi connectivity index (χ4v) is 2.08. The Morgan fingerprint density at radius 2 is 1.69 bits per heavy atom. The van der Waals surface area contributed by atoms with Crippen molar-refractivity contribution in [1.82, 2.24) is 5.32 Å². The van der Waals surface area contributed by atoms with Crippen LogP contribution in [0.25, 0.3) is 0 Å². The van der Waals surface area contributed by atoms with Crippen LogP contribution >= 0.6 is 0 Å². The molecule has 1 unspecified atom stereocenters. The summed E-state index contributed by atoms with van der Waals surface area (Å²) in [5.41, 5.74) is 3.11. The highest BCUT2D eigenvalue weighted by atomic mass is 14.9. The van der Waals surface area contributed by atoms with Gasteiger partial charge in [-0.2, -0.15) is 0 Å². The van der Waals surface area contributed by atoms with E-state index in [9.17, 15) is 0 Å². The lowest BCUT2D eigenvalue weighted by molar-refractivity contribution is 0.268. The molecule has 0 saturated carbocycles. The van der Waals surface area contributed by atoms with Crippen LogP contribution in [0.1, 0.15) is 38.3 Å². The van der Waals surface area contributed by atoms with Crippen molar-refractivity contribution >= 4 is 0 Å². The van der Waals surface area contributed by atoms with Crippen LogP contribution < -0.4 is 5.32 Å². The molecule has 0 amide bonds. The molecule has 0 aliphatic rings. The van der Waals surface area contributed by atoms with E-state index in [-0.39, 0.29) is 0 Å². The molecule has 0 spiro atoms. The van der Waals surface area contributed by atoms with E-state index < -0.39 is 0 Å². The minimum atomic E-state index is 0.333. The van der Waals surface area contributed by atoms with E-state index in [1.807, 2.05) is 0 Å². The van der Waals surface area contributed by atoms with Gasteiger partial charge >= 0.3 is 0 Å². The molecule has 16 heavy (non-hydrogen) atoms. The van der Waals surface area contributed by atoms with Crippen molar-refractivity contribution in [2.24, 2.45) is 5.41 Å². The zero-order chi connectivity index (χ0) is 12.2. The minimum Gasteiger partial charge on any atom is -0.316 e. The molecule has 1 aromatic carbocycles. The molecule has 1 N–H and O–H groups in total. The monoisotopic (exact) mass is 219 g/mol. The Morgan fingerprint density at radius 3 is 2.12 bits per heavy atom. The van der Waals surface area contributed by atoms with E-state index >= 15 is 0 Å². The Hall–Kier alpha value is -0.820. The molecule has 0 aliphatic carbocycles. The zero-order valence-electron chi connectivity index (χ0n) is 11.3. The topological polar surface area (TPSA) is 12.0 Å². The molecule has 0 aliphatic heterocycles. The second-order valence-corrected chi connectivity index (χ2v) is 5.73. The first kappa shape index (κ1) is 13.2. The average Bonchev–Trinajstić information content (AvgIpc) is 2.19. The molecule has 0 heterocycles. The van der Waals surface area contributed by atoms with Gasteiger partial charge in [0.15, 0.2) is 0 Å². The Bertz CT molecular complexity index is 305. The Morgan fingerprint density at radius 1 is 1.12 bits per heavy atom. The van der Waals surface area contributed by atoms with E-state index in [0.717, 1.165) is 6.42 Å². The van der Waals surface area contributed by atoms with Gasteiger partial charge in [0, 0.05) is 6.04 Å². The molecule has 0 saturated heterocycles. The highest BCUT2D eigenvalue weighted by molar-refractivity contribution is 5.21. The van der Waals surface area contributed by atoms with Gasteiger partial charge in [-0.05, 0) is 37.8 Å². The Balaban J connectivity index is 2.53. The van der Waals surface area contributed by atoms with Gasteiger partial charge in [-0.15, -0.1) is 0 Å². The Kier molecular flexibility index (Phi) is 4.55. The molecule has 0 fully saturated rings. The lowest BCUT2D eigenvalue weighted by Gasteiger charge is -2.30. The van der Waals surface area contributed by atoms with Crippen molar-refractivity contribution in [1.29, 1.82) is 0 Å². The third-order valence-corrected chi connectivity index (χ3v) is 3.24. The van der Waals surface area contributed by atoms with Crippen molar-refractivity contribution in [2.45, 2.75) is 46.6 Å². The number of hydrogen-bond donors (Lipinski definition) is 1. The standard InChI is InChI=1S/C15H25N/c1-12-6-8-13(9-7-12)10-11-14(16-5)15(2,3)4/h6-9,14,16H,10-11H2,1-5H3. The lowest BCUT2D eigenvalue weighted by atomic mass is 9.83. The van der Waals surface area contributed by atoms with Crippen LogP contribution in [-0.4, -0.2) is 13.1 Å². The third-order valence-electron chi connectivity index (χ3n) is 3.24. The van der Waals surface area contributed by atoms with Crippen LogP contribution in [0.5, 0.6) is 0 Å². The highest BCUT2D eigenvalue weighted by Gasteiger charge is 2.22. The predicted octanol–water partition coefficient (Wildman–Crippen LogP) is 3.56. The van der Waals surface area contributed by atoms with Gasteiger partial charge in [-0.1, -0.05) is 50.6 Å². The SMILES string of the molecule is CNC(CCc1ccc(C)cc1)C(C)(C)C. The summed E-state index contributed by atoms with van der Waals surface area (Å²) in [5.74, 6) is 0. The fourth-order valence-electron chi connectivity index (χ4n) is 2.08. The molecule has 0 radical (unpaired) electrons. The lowest BCUT2D eigenvalue weighted by Crippen LogP contribution is -2.38. The van der Waals surface area contributed by atoms with Gasteiger partial charge in [-0.3, -0.25) is 0 Å². The van der Waals surface area contributed by atoms with Crippen LogP contribution in [0.4, 0.5) is 0 Å². The number of nitrogens with one attached hydrogen (secondary N) is 1. The molecule has 1 aromatic rings. The molecule has 90 valence electrons. The summed E-state index contributed by atoms with van der Waals surface area (Å²) in [5, 5.41) is 3.42. The van der Waals surface area contributed by atoms with E-state index in [4.69, 9.17) is 0 Å². The molecule has 0 bridgehead atoms. The average molecular weight is 219 g/mol. The number of hydrogen-bond acceptors (Lipinski definition) is 1. The largest absolute Gasteiger partial charge is 0.316 e. The molecule has 1 nitrogen and oxygen atoms in total. The van der Waals surface area contributed by atoms with Gasteiger partial charge in [0.2, 0.25) is 0 Å². The van der Waals surface area contributed by atoms with Crippen LogP contribution in [0.15, 0.2) is 24.3 Å². The maximum Gasteiger partial charge on any atom is 0.0116 e. The van der Waals surface area contributed by atoms with E-state index in [1.54, 1.807) is 0 Å². The summed E-state index contributed by atoms with van der Waals surface area (Å²) >= 11 is 0. The fraction of sp³-hybridized carbons (Fsp3) is 0.600. The number of benzene rings is 1. The summed E-state index contributed by atoms with van der Waals surface area (Å²) in [4.78, 5) is 0. The quantitative estimate of drug-likeness (QED) is 0.816. The van der Waals surface area contributed by atoms with Crippen LogP contribution in [-0.2, 0) is 6.42 Å². The predicted molar refractivity (Wildman–Crippen MR) is 71.8 cm³/mol. The second kappa shape index (κ2) is 5.49. The van der Waals surface area contributed by atoms with Crippen molar-refractivity contribution in [3.05, 3.63) is 35.4 Å². The van der Waals surface area contributed by atoms with Crippen LogP contribution in [0.2, 0.25) is 0 Å². The summed E-state index contributed by atoms with van der Waals surface area (Å²) < 4.78 is 0.